The standard InChI is InChI=1S/C20H16FN3O4S2/c1-12-14(15-8-13(21)5-6-17(15)24(12)10-19(25)26)9-16-20(29-11-23-16)30(27,28)18-4-2-3-7-22-18/h2-8,11H,9-10H2,1H3,(H,25,26). The molecule has 0 atom stereocenters. The van der Waals surface area contributed by atoms with Crippen LogP contribution in [0.3, 0.4) is 0 Å². The van der Waals surface area contributed by atoms with Crippen LogP contribution < -0.4 is 0 Å². The summed E-state index contributed by atoms with van der Waals surface area (Å²) in [6, 6.07) is 8.75. The fourth-order valence-electron chi connectivity index (χ4n) is 3.45. The van der Waals surface area contributed by atoms with Crippen LogP contribution in [-0.2, 0) is 27.6 Å². The van der Waals surface area contributed by atoms with Gasteiger partial charge in [-0.05, 0) is 42.8 Å². The molecule has 0 aliphatic carbocycles. The molecule has 30 heavy (non-hydrogen) atoms. The van der Waals surface area contributed by atoms with Gasteiger partial charge < -0.3 is 9.67 Å². The number of rotatable bonds is 6. The number of pyridine rings is 1. The Kier molecular flexibility index (Phi) is 5.12. The van der Waals surface area contributed by atoms with E-state index < -0.39 is 21.6 Å². The van der Waals surface area contributed by atoms with Crippen molar-refractivity contribution in [3.05, 3.63) is 70.9 Å². The number of sulfone groups is 1. The maximum atomic E-state index is 13.9. The summed E-state index contributed by atoms with van der Waals surface area (Å²) in [5, 5.41) is 9.71. The van der Waals surface area contributed by atoms with E-state index >= 15 is 0 Å². The minimum Gasteiger partial charge on any atom is -0.480 e. The minimum atomic E-state index is -3.86. The molecular formula is C20H16FN3O4S2. The van der Waals surface area contributed by atoms with Crippen LogP contribution in [0.15, 0.2) is 57.3 Å². The summed E-state index contributed by atoms with van der Waals surface area (Å²) >= 11 is 0.988. The van der Waals surface area contributed by atoms with Crippen molar-refractivity contribution in [3.8, 4) is 0 Å². The van der Waals surface area contributed by atoms with E-state index in [0.29, 0.717) is 27.9 Å². The second-order valence-corrected chi connectivity index (χ2v) is 9.59. The summed E-state index contributed by atoms with van der Waals surface area (Å²) in [5.41, 5.74) is 3.57. The highest BCUT2D eigenvalue weighted by Crippen LogP contribution is 2.32. The number of thiazole rings is 1. The van der Waals surface area contributed by atoms with Crippen molar-refractivity contribution in [3.63, 3.8) is 0 Å². The lowest BCUT2D eigenvalue weighted by Gasteiger charge is -2.06. The van der Waals surface area contributed by atoms with Gasteiger partial charge in [0.2, 0.25) is 9.84 Å². The largest absolute Gasteiger partial charge is 0.480 e. The van der Waals surface area contributed by atoms with Crippen LogP contribution in [0.2, 0.25) is 0 Å². The zero-order valence-corrected chi connectivity index (χ0v) is 17.4. The van der Waals surface area contributed by atoms with Crippen molar-refractivity contribution in [2.24, 2.45) is 0 Å². The van der Waals surface area contributed by atoms with Crippen molar-refractivity contribution in [1.29, 1.82) is 0 Å². The Morgan fingerprint density at radius 3 is 2.73 bits per heavy atom. The molecule has 0 bridgehead atoms. The first kappa shape index (κ1) is 20.2. The van der Waals surface area contributed by atoms with Crippen molar-refractivity contribution in [1.82, 2.24) is 14.5 Å². The number of halogens is 1. The average molecular weight is 445 g/mol. The molecule has 0 saturated carbocycles. The van der Waals surface area contributed by atoms with Crippen molar-refractivity contribution >= 4 is 38.0 Å². The Balaban J connectivity index is 1.84. The molecule has 1 aromatic carbocycles. The van der Waals surface area contributed by atoms with Crippen LogP contribution in [0.1, 0.15) is 17.0 Å². The Labute approximate surface area is 175 Å². The molecule has 154 valence electrons. The van der Waals surface area contributed by atoms with Crippen molar-refractivity contribution in [2.75, 3.05) is 0 Å². The summed E-state index contributed by atoms with van der Waals surface area (Å²) in [4.78, 5) is 19.5. The van der Waals surface area contributed by atoms with Crippen LogP contribution >= 0.6 is 11.3 Å². The smallest absolute Gasteiger partial charge is 0.323 e. The third-order valence-corrected chi connectivity index (χ3v) is 7.94. The van der Waals surface area contributed by atoms with E-state index in [4.69, 9.17) is 0 Å². The SMILES string of the molecule is Cc1c(Cc2ncsc2S(=O)(=O)c2ccccn2)c2cc(F)ccc2n1CC(=O)O. The third-order valence-electron chi connectivity index (χ3n) is 4.81. The Bertz CT molecular complexity index is 1360. The van der Waals surface area contributed by atoms with E-state index in [1.807, 2.05) is 0 Å². The van der Waals surface area contributed by atoms with Gasteiger partial charge in [0.15, 0.2) is 5.03 Å². The monoisotopic (exact) mass is 445 g/mol. The van der Waals surface area contributed by atoms with Crippen molar-refractivity contribution < 1.29 is 22.7 Å². The van der Waals surface area contributed by atoms with Gasteiger partial charge >= 0.3 is 5.97 Å². The summed E-state index contributed by atoms with van der Waals surface area (Å²) in [5.74, 6) is -1.49. The highest BCUT2D eigenvalue weighted by Gasteiger charge is 2.27. The van der Waals surface area contributed by atoms with Crippen LogP contribution in [0.4, 0.5) is 4.39 Å². The quantitative estimate of drug-likeness (QED) is 0.488. The minimum absolute atomic E-state index is 0.0659. The normalized spacial score (nSPS) is 11.8. The zero-order valence-electron chi connectivity index (χ0n) is 15.7. The molecule has 0 amide bonds. The molecule has 0 unspecified atom stereocenters. The molecule has 0 aliphatic rings. The molecule has 4 rings (SSSR count). The van der Waals surface area contributed by atoms with E-state index in [0.717, 1.165) is 11.3 Å². The summed E-state index contributed by atoms with van der Waals surface area (Å²) < 4.78 is 41.6. The molecule has 0 aliphatic heterocycles. The first-order valence-corrected chi connectivity index (χ1v) is 11.2. The zero-order chi connectivity index (χ0) is 21.5. The Morgan fingerprint density at radius 2 is 2.03 bits per heavy atom. The Hall–Kier alpha value is -3.11. The van der Waals surface area contributed by atoms with Gasteiger partial charge in [0, 0.05) is 29.2 Å². The molecule has 0 fully saturated rings. The van der Waals surface area contributed by atoms with Crippen molar-refractivity contribution in [2.45, 2.75) is 29.1 Å². The lowest BCUT2D eigenvalue weighted by Crippen LogP contribution is -2.10. The van der Waals surface area contributed by atoms with Gasteiger partial charge in [-0.2, -0.15) is 0 Å². The van der Waals surface area contributed by atoms with Gasteiger partial charge in [-0.15, -0.1) is 11.3 Å². The van der Waals surface area contributed by atoms with Gasteiger partial charge in [0.1, 0.15) is 16.6 Å². The van der Waals surface area contributed by atoms with E-state index in [1.54, 1.807) is 23.6 Å². The van der Waals surface area contributed by atoms with E-state index in [1.165, 1.54) is 36.0 Å². The number of fused-ring (bicyclic) bond motifs is 1. The molecule has 3 heterocycles. The number of aromatic nitrogens is 3. The predicted octanol–water partition coefficient (Wildman–Crippen LogP) is 3.45. The highest BCUT2D eigenvalue weighted by molar-refractivity contribution is 7.93. The fraction of sp³-hybridized carbons (Fsp3) is 0.150. The molecule has 0 saturated heterocycles. The van der Waals surface area contributed by atoms with E-state index in [2.05, 4.69) is 9.97 Å². The number of carbonyl (C=O) groups is 1. The van der Waals surface area contributed by atoms with E-state index in [9.17, 15) is 22.7 Å². The number of nitrogens with zero attached hydrogens (tertiary/aromatic N) is 3. The number of benzene rings is 1. The van der Waals surface area contributed by atoms with Crippen LogP contribution in [-0.4, -0.2) is 34.0 Å². The average Bonchev–Trinajstić information content (AvgIpc) is 3.28. The van der Waals surface area contributed by atoms with Gasteiger partial charge in [-0.3, -0.25) is 4.79 Å². The molecule has 0 radical (unpaired) electrons. The van der Waals surface area contributed by atoms with Gasteiger partial charge in [0.05, 0.1) is 11.2 Å². The molecule has 3 aromatic heterocycles. The number of carboxylic acid groups (broad SMARTS) is 1. The lowest BCUT2D eigenvalue weighted by atomic mass is 10.1. The predicted molar refractivity (Wildman–Crippen MR) is 109 cm³/mol. The number of carboxylic acids is 1. The summed E-state index contributed by atoms with van der Waals surface area (Å²) in [6.45, 7) is 1.44. The lowest BCUT2D eigenvalue weighted by molar-refractivity contribution is -0.137. The summed E-state index contributed by atoms with van der Waals surface area (Å²) in [6.07, 6.45) is 1.52. The summed E-state index contributed by atoms with van der Waals surface area (Å²) in [7, 11) is -3.86. The van der Waals surface area contributed by atoms with Crippen LogP contribution in [0.25, 0.3) is 10.9 Å². The van der Waals surface area contributed by atoms with Gasteiger partial charge in [0.25, 0.3) is 0 Å². The second kappa shape index (κ2) is 7.62. The van der Waals surface area contributed by atoms with Gasteiger partial charge in [-0.25, -0.2) is 22.8 Å². The number of hydrogen-bond donors (Lipinski definition) is 1. The molecule has 10 heteroatoms. The van der Waals surface area contributed by atoms with Crippen LogP contribution in [0, 0.1) is 12.7 Å². The molecule has 4 aromatic rings. The van der Waals surface area contributed by atoms with Gasteiger partial charge in [-0.1, -0.05) is 6.07 Å². The fourth-order valence-corrected chi connectivity index (χ4v) is 5.96. The molecule has 7 nitrogen and oxygen atoms in total. The molecule has 0 spiro atoms. The first-order chi connectivity index (χ1) is 14.3. The van der Waals surface area contributed by atoms with Crippen LogP contribution in [0.5, 0.6) is 0 Å². The molecule has 1 N–H and O–H groups in total. The third kappa shape index (κ3) is 3.48. The number of hydrogen-bond acceptors (Lipinski definition) is 6. The second-order valence-electron chi connectivity index (χ2n) is 6.64. The number of aliphatic carboxylic acids is 1. The van der Waals surface area contributed by atoms with E-state index in [-0.39, 0.29) is 22.2 Å². The topological polar surface area (TPSA) is 102 Å². The molecular weight excluding hydrogens is 429 g/mol. The maximum Gasteiger partial charge on any atom is 0.323 e. The Morgan fingerprint density at radius 1 is 1.23 bits per heavy atom. The highest BCUT2D eigenvalue weighted by atomic mass is 32.2. The first-order valence-electron chi connectivity index (χ1n) is 8.86. The maximum absolute atomic E-state index is 13.9.